The number of hydrogen-bond acceptors (Lipinski definition) is 4. The van der Waals surface area contributed by atoms with Gasteiger partial charge in [-0.3, -0.25) is 9.69 Å². The molecule has 1 saturated heterocycles. The summed E-state index contributed by atoms with van der Waals surface area (Å²) in [7, 11) is 0. The first kappa shape index (κ1) is 18.7. The minimum Gasteiger partial charge on any atom is -0.340 e. The van der Waals surface area contributed by atoms with Gasteiger partial charge in [0.15, 0.2) is 0 Å². The van der Waals surface area contributed by atoms with Gasteiger partial charge in [0.2, 0.25) is 5.91 Å². The molecule has 2 fully saturated rings. The van der Waals surface area contributed by atoms with Gasteiger partial charge >= 0.3 is 0 Å². The Morgan fingerprint density at radius 2 is 1.96 bits per heavy atom. The summed E-state index contributed by atoms with van der Waals surface area (Å²) in [6.45, 7) is 6.70. The van der Waals surface area contributed by atoms with Crippen molar-refractivity contribution in [3.63, 3.8) is 0 Å². The normalized spacial score (nSPS) is 19.8. The Hall–Kier alpha value is -0.650. The zero-order valence-corrected chi connectivity index (χ0v) is 15.6. The third kappa shape index (κ3) is 5.44. The lowest BCUT2D eigenvalue weighted by atomic mass is 10.0. The molecule has 0 bridgehead atoms. The maximum Gasteiger partial charge on any atom is 0.222 e. The van der Waals surface area contributed by atoms with E-state index < -0.39 is 0 Å². The van der Waals surface area contributed by atoms with E-state index in [4.69, 9.17) is 0 Å². The number of nitrogens with zero attached hydrogens (tertiary/aromatic N) is 3. The molecule has 0 N–H and O–H groups in total. The van der Waals surface area contributed by atoms with Crippen LogP contribution in [0.2, 0.25) is 0 Å². The minimum atomic E-state index is 0. The van der Waals surface area contributed by atoms with Gasteiger partial charge in [0.25, 0.3) is 0 Å². The molecule has 1 aromatic heterocycles. The second kappa shape index (κ2) is 9.00. The van der Waals surface area contributed by atoms with Gasteiger partial charge in [-0.2, -0.15) is 0 Å². The lowest BCUT2D eigenvalue weighted by molar-refractivity contribution is -0.133. The lowest BCUT2D eigenvalue weighted by Gasteiger charge is -2.34. The number of piperazine rings is 1. The highest BCUT2D eigenvalue weighted by Crippen LogP contribution is 2.28. The molecule has 1 saturated carbocycles. The Kier molecular flexibility index (Phi) is 7.31. The molecular formula is C17H28ClN3OS. The molecule has 23 heavy (non-hydrogen) atoms. The quantitative estimate of drug-likeness (QED) is 0.809. The molecular weight excluding hydrogens is 330 g/mol. The highest BCUT2D eigenvalue weighted by atomic mass is 35.5. The number of rotatable bonds is 5. The Bertz CT molecular complexity index is 494. The first-order valence-corrected chi connectivity index (χ1v) is 9.50. The van der Waals surface area contributed by atoms with Gasteiger partial charge in [-0.1, -0.05) is 25.7 Å². The van der Waals surface area contributed by atoms with E-state index in [1.165, 1.54) is 30.7 Å². The predicted octanol–water partition coefficient (Wildman–Crippen LogP) is 3.49. The summed E-state index contributed by atoms with van der Waals surface area (Å²) in [4.78, 5) is 21.3. The van der Waals surface area contributed by atoms with Crippen LogP contribution in [0, 0.1) is 12.8 Å². The summed E-state index contributed by atoms with van der Waals surface area (Å²) in [5, 5.41) is 3.30. The second-order valence-corrected chi connectivity index (χ2v) is 7.67. The molecule has 6 heteroatoms. The van der Waals surface area contributed by atoms with E-state index in [1.54, 1.807) is 11.3 Å². The number of aryl methyl sites for hydroxylation is 1. The minimum absolute atomic E-state index is 0. The molecule has 1 aliphatic heterocycles. The number of carbonyl (C=O) groups is 1. The summed E-state index contributed by atoms with van der Waals surface area (Å²) in [5.41, 5.74) is 1.11. The number of halogens is 1. The van der Waals surface area contributed by atoms with E-state index >= 15 is 0 Å². The fourth-order valence-electron chi connectivity index (χ4n) is 3.61. The average molecular weight is 358 g/mol. The molecule has 1 aliphatic carbocycles. The summed E-state index contributed by atoms with van der Waals surface area (Å²) in [6, 6.07) is 0. The van der Waals surface area contributed by atoms with Crippen LogP contribution >= 0.6 is 23.7 Å². The zero-order valence-electron chi connectivity index (χ0n) is 14.0. The molecule has 2 aliphatic rings. The number of hydrogen-bond donors (Lipinski definition) is 0. The maximum absolute atomic E-state index is 12.3. The van der Waals surface area contributed by atoms with E-state index in [0.717, 1.165) is 57.2 Å². The number of thiazole rings is 1. The van der Waals surface area contributed by atoms with Crippen LogP contribution in [0.25, 0.3) is 0 Å². The van der Waals surface area contributed by atoms with Gasteiger partial charge in [0.05, 0.1) is 6.54 Å². The molecule has 130 valence electrons. The van der Waals surface area contributed by atoms with Crippen LogP contribution < -0.4 is 0 Å². The Morgan fingerprint density at radius 3 is 2.57 bits per heavy atom. The van der Waals surface area contributed by atoms with Crippen LogP contribution in [-0.2, 0) is 11.3 Å². The fourth-order valence-corrected chi connectivity index (χ4v) is 4.42. The number of carbonyl (C=O) groups excluding carboxylic acids is 1. The molecule has 2 heterocycles. The van der Waals surface area contributed by atoms with E-state index in [9.17, 15) is 4.79 Å². The average Bonchev–Trinajstić information content (AvgIpc) is 3.17. The molecule has 0 spiro atoms. The first-order chi connectivity index (χ1) is 10.7. The molecule has 4 nitrogen and oxygen atoms in total. The van der Waals surface area contributed by atoms with E-state index in [0.29, 0.717) is 5.91 Å². The van der Waals surface area contributed by atoms with Crippen molar-refractivity contribution in [3.8, 4) is 0 Å². The van der Waals surface area contributed by atoms with E-state index in [-0.39, 0.29) is 12.4 Å². The molecule has 0 atom stereocenters. The van der Waals surface area contributed by atoms with Gasteiger partial charge in [0.1, 0.15) is 5.01 Å². The SMILES string of the molecule is Cc1csc(CN2CCN(C(=O)CCC3CCCC3)CC2)n1.Cl. The van der Waals surface area contributed by atoms with Crippen LogP contribution in [0.15, 0.2) is 5.38 Å². The van der Waals surface area contributed by atoms with Gasteiger partial charge in [0, 0.05) is 43.7 Å². The van der Waals surface area contributed by atoms with Crippen LogP contribution in [0.3, 0.4) is 0 Å². The van der Waals surface area contributed by atoms with E-state index in [2.05, 4.69) is 20.2 Å². The first-order valence-electron chi connectivity index (χ1n) is 8.62. The molecule has 0 radical (unpaired) electrons. The largest absolute Gasteiger partial charge is 0.340 e. The maximum atomic E-state index is 12.3. The smallest absolute Gasteiger partial charge is 0.222 e. The highest BCUT2D eigenvalue weighted by molar-refractivity contribution is 7.09. The Morgan fingerprint density at radius 1 is 1.26 bits per heavy atom. The predicted molar refractivity (Wildman–Crippen MR) is 97.1 cm³/mol. The number of aromatic nitrogens is 1. The topological polar surface area (TPSA) is 36.4 Å². The van der Waals surface area contributed by atoms with Crippen LogP contribution in [0.4, 0.5) is 0 Å². The second-order valence-electron chi connectivity index (χ2n) is 6.73. The van der Waals surface area contributed by atoms with Gasteiger partial charge in [-0.15, -0.1) is 23.7 Å². The molecule has 0 aromatic carbocycles. The molecule has 1 aromatic rings. The van der Waals surface area contributed by atoms with Crippen molar-refractivity contribution in [2.45, 2.75) is 52.0 Å². The van der Waals surface area contributed by atoms with E-state index in [1.807, 2.05) is 6.92 Å². The monoisotopic (exact) mass is 357 g/mol. The van der Waals surface area contributed by atoms with Crippen molar-refractivity contribution in [3.05, 3.63) is 16.1 Å². The van der Waals surface area contributed by atoms with Crippen molar-refractivity contribution in [2.24, 2.45) is 5.92 Å². The summed E-state index contributed by atoms with van der Waals surface area (Å²) < 4.78 is 0. The van der Waals surface area contributed by atoms with Gasteiger partial charge in [-0.05, 0) is 19.3 Å². The van der Waals surface area contributed by atoms with Crippen molar-refractivity contribution in [1.82, 2.24) is 14.8 Å². The van der Waals surface area contributed by atoms with Crippen LogP contribution in [0.1, 0.15) is 49.2 Å². The van der Waals surface area contributed by atoms with Crippen molar-refractivity contribution in [2.75, 3.05) is 26.2 Å². The summed E-state index contributed by atoms with van der Waals surface area (Å²) in [6.07, 6.45) is 7.29. The van der Waals surface area contributed by atoms with Crippen molar-refractivity contribution >= 4 is 29.7 Å². The van der Waals surface area contributed by atoms with Crippen molar-refractivity contribution < 1.29 is 4.79 Å². The zero-order chi connectivity index (χ0) is 15.4. The third-order valence-corrected chi connectivity index (χ3v) is 5.94. The summed E-state index contributed by atoms with van der Waals surface area (Å²) >= 11 is 1.74. The highest BCUT2D eigenvalue weighted by Gasteiger charge is 2.23. The molecule has 3 rings (SSSR count). The van der Waals surface area contributed by atoms with Gasteiger partial charge in [-0.25, -0.2) is 4.98 Å². The van der Waals surface area contributed by atoms with Crippen LogP contribution in [-0.4, -0.2) is 46.9 Å². The molecule has 1 amide bonds. The lowest BCUT2D eigenvalue weighted by Crippen LogP contribution is -2.48. The Labute approximate surface area is 149 Å². The summed E-state index contributed by atoms with van der Waals surface area (Å²) in [5.74, 6) is 1.19. The van der Waals surface area contributed by atoms with Gasteiger partial charge < -0.3 is 4.90 Å². The number of amides is 1. The van der Waals surface area contributed by atoms with Crippen molar-refractivity contribution in [1.29, 1.82) is 0 Å². The van der Waals surface area contributed by atoms with Crippen LogP contribution in [0.5, 0.6) is 0 Å². The third-order valence-electron chi connectivity index (χ3n) is 4.99. The fraction of sp³-hybridized carbons (Fsp3) is 0.765. The standard InChI is InChI=1S/C17H27N3OS.ClH/c1-14-13-22-16(18-14)12-19-8-10-20(11-9-19)17(21)7-6-15-4-2-3-5-15;/h13,15H,2-12H2,1H3;1H. The molecule has 0 unspecified atom stereocenters. The Balaban J connectivity index is 0.00000192.